The van der Waals surface area contributed by atoms with Crippen LogP contribution in [0.1, 0.15) is 26.7 Å². The van der Waals surface area contributed by atoms with Crippen molar-refractivity contribution in [3.05, 3.63) is 11.8 Å². The Hall–Kier alpha value is -1.84. The molecular formula is C17H27ClN2O7. The lowest BCUT2D eigenvalue weighted by atomic mass is 9.80. The van der Waals surface area contributed by atoms with E-state index >= 15 is 0 Å². The Morgan fingerprint density at radius 1 is 1.22 bits per heavy atom. The summed E-state index contributed by atoms with van der Waals surface area (Å²) in [6.07, 6.45) is 2.02. The number of ether oxygens (including phenoxy) is 4. The summed E-state index contributed by atoms with van der Waals surface area (Å²) in [6.45, 7) is 5.17. The van der Waals surface area contributed by atoms with Gasteiger partial charge in [-0.25, -0.2) is 9.59 Å². The fourth-order valence-corrected chi connectivity index (χ4v) is 2.48. The van der Waals surface area contributed by atoms with E-state index in [0.29, 0.717) is 38.5 Å². The second-order valence-electron chi connectivity index (χ2n) is 5.68. The topological polar surface area (TPSA) is 119 Å². The fraction of sp³-hybridized carbons (Fsp3) is 0.706. The van der Waals surface area contributed by atoms with Crippen LogP contribution in [0.15, 0.2) is 17.0 Å². The number of nitrogens with two attached hydrogens (primary N) is 1. The molecule has 27 heavy (non-hydrogen) atoms. The van der Waals surface area contributed by atoms with E-state index in [1.54, 1.807) is 13.8 Å². The average molecular weight is 407 g/mol. The first-order valence-corrected chi connectivity index (χ1v) is 9.30. The molecule has 9 nitrogen and oxygen atoms in total. The molecule has 0 bridgehead atoms. The highest BCUT2D eigenvalue weighted by molar-refractivity contribution is 6.17. The van der Waals surface area contributed by atoms with Crippen molar-refractivity contribution in [1.29, 1.82) is 0 Å². The third-order valence-corrected chi connectivity index (χ3v) is 4.00. The van der Waals surface area contributed by atoms with Gasteiger partial charge in [-0.05, 0) is 26.7 Å². The highest BCUT2D eigenvalue weighted by atomic mass is 35.5. The first-order chi connectivity index (χ1) is 13.0. The van der Waals surface area contributed by atoms with Crippen molar-refractivity contribution in [2.24, 2.45) is 16.3 Å². The molecular weight excluding hydrogens is 380 g/mol. The minimum atomic E-state index is -0.846. The maximum absolute atomic E-state index is 12.0. The molecule has 154 valence electrons. The summed E-state index contributed by atoms with van der Waals surface area (Å²) in [5.74, 6) is -1.52. The smallest absolute Gasteiger partial charge is 0.377 e. The van der Waals surface area contributed by atoms with Crippen LogP contribution < -0.4 is 5.73 Å². The van der Waals surface area contributed by atoms with Crippen molar-refractivity contribution in [1.82, 2.24) is 0 Å². The van der Waals surface area contributed by atoms with Crippen molar-refractivity contribution in [3.63, 3.8) is 0 Å². The Labute approximate surface area is 163 Å². The molecule has 0 spiro atoms. The molecule has 0 aromatic heterocycles. The van der Waals surface area contributed by atoms with Crippen molar-refractivity contribution < 1.29 is 33.4 Å². The zero-order valence-corrected chi connectivity index (χ0v) is 16.5. The van der Waals surface area contributed by atoms with Gasteiger partial charge in [0.1, 0.15) is 5.84 Å². The maximum atomic E-state index is 12.0. The highest BCUT2D eigenvalue weighted by Crippen LogP contribution is 2.31. The average Bonchev–Trinajstić information content (AvgIpc) is 2.66. The number of carbonyl (C=O) groups excluding carboxylic acids is 2. The molecule has 1 aliphatic heterocycles. The SMILES string of the molecule is CCOC(=O)C=C(ON=C(N)C1(COCCCl)CCOCC1)C(=O)OCC. The van der Waals surface area contributed by atoms with Gasteiger partial charge in [0, 0.05) is 19.1 Å². The first-order valence-electron chi connectivity index (χ1n) is 8.77. The highest BCUT2D eigenvalue weighted by Gasteiger charge is 2.38. The fourth-order valence-electron chi connectivity index (χ4n) is 2.37. The third-order valence-electron chi connectivity index (χ3n) is 3.85. The summed E-state index contributed by atoms with van der Waals surface area (Å²) in [7, 11) is 0. The first kappa shape index (κ1) is 23.2. The Bertz CT molecular complexity index is 545. The summed E-state index contributed by atoms with van der Waals surface area (Å²) in [5, 5.41) is 3.86. The van der Waals surface area contributed by atoms with Gasteiger partial charge in [0.25, 0.3) is 0 Å². The van der Waals surface area contributed by atoms with E-state index in [-0.39, 0.29) is 25.7 Å². The molecule has 0 radical (unpaired) electrons. The number of halogens is 1. The predicted octanol–water partition coefficient (Wildman–Crippen LogP) is 1.34. The monoisotopic (exact) mass is 406 g/mol. The lowest BCUT2D eigenvalue weighted by molar-refractivity contribution is -0.144. The van der Waals surface area contributed by atoms with Crippen LogP contribution in [0, 0.1) is 5.41 Å². The van der Waals surface area contributed by atoms with E-state index < -0.39 is 23.1 Å². The number of hydrogen-bond donors (Lipinski definition) is 1. The van der Waals surface area contributed by atoms with Crippen LogP contribution in [0.5, 0.6) is 0 Å². The van der Waals surface area contributed by atoms with Crippen molar-refractivity contribution in [2.75, 3.05) is 45.5 Å². The van der Waals surface area contributed by atoms with E-state index in [4.69, 9.17) is 41.1 Å². The van der Waals surface area contributed by atoms with E-state index in [2.05, 4.69) is 5.16 Å². The Morgan fingerprint density at radius 2 is 1.89 bits per heavy atom. The Kier molecular flexibility index (Phi) is 10.8. The van der Waals surface area contributed by atoms with E-state index in [1.807, 2.05) is 0 Å². The number of rotatable bonds is 11. The molecule has 1 fully saturated rings. The van der Waals surface area contributed by atoms with Gasteiger partial charge in [-0.3, -0.25) is 0 Å². The summed E-state index contributed by atoms with van der Waals surface area (Å²) in [4.78, 5) is 28.7. The van der Waals surface area contributed by atoms with Crippen molar-refractivity contribution in [3.8, 4) is 0 Å². The van der Waals surface area contributed by atoms with Crippen LogP contribution in [0.25, 0.3) is 0 Å². The summed E-state index contributed by atoms with van der Waals surface area (Å²) < 4.78 is 20.6. The second kappa shape index (κ2) is 12.5. The normalized spacial score (nSPS) is 17.3. The number of carbonyl (C=O) groups is 2. The number of esters is 2. The zero-order chi connectivity index (χ0) is 20.1. The van der Waals surface area contributed by atoms with Gasteiger partial charge in [-0.15, -0.1) is 11.6 Å². The number of hydrogen-bond acceptors (Lipinski definition) is 8. The third kappa shape index (κ3) is 7.74. The molecule has 1 saturated heterocycles. The van der Waals surface area contributed by atoms with Crippen LogP contribution in [0.3, 0.4) is 0 Å². The van der Waals surface area contributed by atoms with E-state index in [1.165, 1.54) is 0 Å². The van der Waals surface area contributed by atoms with Crippen molar-refractivity contribution >= 4 is 29.4 Å². The van der Waals surface area contributed by atoms with Crippen LogP contribution in [-0.2, 0) is 33.4 Å². The molecule has 1 aliphatic rings. The lowest BCUT2D eigenvalue weighted by Gasteiger charge is -2.35. The quantitative estimate of drug-likeness (QED) is 0.0797. The van der Waals surface area contributed by atoms with Crippen LogP contribution >= 0.6 is 11.6 Å². The minimum Gasteiger partial charge on any atom is -0.463 e. The number of amidine groups is 1. The lowest BCUT2D eigenvalue weighted by Crippen LogP contribution is -2.45. The molecule has 0 aromatic carbocycles. The van der Waals surface area contributed by atoms with Gasteiger partial charge in [0.15, 0.2) is 0 Å². The molecule has 2 N–H and O–H groups in total. The second-order valence-corrected chi connectivity index (χ2v) is 6.06. The summed E-state index contributed by atoms with van der Waals surface area (Å²) in [5.41, 5.74) is 5.54. The molecule has 1 rings (SSSR count). The van der Waals surface area contributed by atoms with Gasteiger partial charge in [-0.1, -0.05) is 5.16 Å². The van der Waals surface area contributed by atoms with Crippen molar-refractivity contribution in [2.45, 2.75) is 26.7 Å². The minimum absolute atomic E-state index is 0.106. The molecule has 10 heteroatoms. The van der Waals surface area contributed by atoms with Crippen LogP contribution in [-0.4, -0.2) is 63.3 Å². The van der Waals surface area contributed by atoms with Gasteiger partial charge in [-0.2, -0.15) is 0 Å². The number of alkyl halides is 1. The molecule has 0 unspecified atom stereocenters. The molecule has 0 saturated carbocycles. The number of nitrogens with zero attached hydrogens (tertiary/aromatic N) is 1. The van der Waals surface area contributed by atoms with Gasteiger partial charge >= 0.3 is 11.9 Å². The maximum Gasteiger partial charge on any atom is 0.377 e. The van der Waals surface area contributed by atoms with E-state index in [9.17, 15) is 9.59 Å². The number of oxime groups is 1. The molecule has 0 amide bonds. The van der Waals surface area contributed by atoms with Gasteiger partial charge in [0.05, 0.1) is 37.9 Å². The van der Waals surface area contributed by atoms with E-state index in [0.717, 1.165) is 6.08 Å². The predicted molar refractivity (Wildman–Crippen MR) is 98.1 cm³/mol. The summed E-state index contributed by atoms with van der Waals surface area (Å²) in [6, 6.07) is 0. The standard InChI is InChI=1S/C17H27ClN2O7/c1-3-25-14(21)11-13(15(22)26-4-2)27-20-16(19)17(12-24-10-7-18)5-8-23-9-6-17/h11H,3-10,12H2,1-2H3,(H2,19,20). The molecule has 1 heterocycles. The Morgan fingerprint density at radius 3 is 2.48 bits per heavy atom. The summed E-state index contributed by atoms with van der Waals surface area (Å²) >= 11 is 5.65. The Balaban J connectivity index is 2.95. The largest absolute Gasteiger partial charge is 0.463 e. The van der Waals surface area contributed by atoms with Gasteiger partial charge < -0.3 is 29.5 Å². The molecule has 0 aliphatic carbocycles. The molecule has 0 atom stereocenters. The van der Waals surface area contributed by atoms with Gasteiger partial charge in [0.2, 0.25) is 5.76 Å². The van der Waals surface area contributed by atoms with Crippen LogP contribution in [0.4, 0.5) is 0 Å². The molecule has 0 aromatic rings. The zero-order valence-electron chi connectivity index (χ0n) is 15.7. The van der Waals surface area contributed by atoms with Crippen LogP contribution in [0.2, 0.25) is 0 Å².